The second-order valence-electron chi connectivity index (χ2n) is 20.2. The van der Waals surface area contributed by atoms with Crippen LogP contribution in [-0.2, 0) is 64.0 Å². The molecule has 8 unspecified atom stereocenters. The van der Waals surface area contributed by atoms with Crippen LogP contribution in [0.4, 0.5) is 0 Å². The van der Waals surface area contributed by atoms with Crippen LogP contribution in [0.1, 0.15) is 141 Å². The summed E-state index contributed by atoms with van der Waals surface area (Å²) in [4.78, 5) is 162. The number of hydrogen-bond acceptors (Lipinski definition) is 14. The summed E-state index contributed by atoms with van der Waals surface area (Å²) < 4.78 is 0. The maximum absolute atomic E-state index is 14.3. The largest absolute Gasteiger partial charge is 0.508 e. The second-order valence-corrected chi connectivity index (χ2v) is 20.2. The molecule has 0 spiro atoms. The SMILES string of the molecule is CC(C)CCCCCCCCCCCC1CC(=O)NC(CC(N)=O)C(=O)NC(Cc2ccc(O)cc2)C(=O)NC(CC(N)=O)C(=O)NC(CCC(N)=O)C(=O)N2CCCC2C(=O)NC(CO)C(=O)NC(CC(N)=O)C(=O)N1. The van der Waals surface area contributed by atoms with Gasteiger partial charge in [0.1, 0.15) is 48.0 Å². The summed E-state index contributed by atoms with van der Waals surface area (Å²) >= 11 is 0. The average Bonchev–Trinajstić information content (AvgIpc) is 3.85. The summed E-state index contributed by atoms with van der Waals surface area (Å²) in [6.07, 6.45) is 5.86. The summed E-state index contributed by atoms with van der Waals surface area (Å²) in [5.74, 6) is -11.9. The number of unbranched alkanes of at least 4 members (excludes halogenated alkanes) is 8. The number of rotatable bonds is 24. The van der Waals surface area contributed by atoms with Gasteiger partial charge in [0.25, 0.3) is 0 Å². The Morgan fingerprint density at radius 1 is 0.558 bits per heavy atom. The van der Waals surface area contributed by atoms with E-state index in [2.05, 4.69) is 51.1 Å². The molecule has 428 valence electrons. The lowest BCUT2D eigenvalue weighted by molar-refractivity contribution is -0.143. The summed E-state index contributed by atoms with van der Waals surface area (Å²) in [5.41, 5.74) is 22.3. The number of carbonyl (C=O) groups is 12. The molecule has 2 fully saturated rings. The van der Waals surface area contributed by atoms with Crippen LogP contribution in [0.5, 0.6) is 5.75 Å². The molecule has 3 rings (SSSR count). The van der Waals surface area contributed by atoms with Crippen LogP contribution in [0, 0.1) is 5.92 Å². The summed E-state index contributed by atoms with van der Waals surface area (Å²) in [7, 11) is 0. The van der Waals surface area contributed by atoms with Crippen molar-refractivity contribution in [3.05, 3.63) is 29.8 Å². The number of aliphatic hydroxyl groups is 1. The number of fused-ring (bicyclic) bond motifs is 1. The van der Waals surface area contributed by atoms with Crippen LogP contribution in [0.2, 0.25) is 0 Å². The zero-order chi connectivity index (χ0) is 57.2. The van der Waals surface area contributed by atoms with E-state index in [-0.39, 0.29) is 38.0 Å². The number of nitrogens with one attached hydrogen (secondary N) is 7. The molecule has 1 aromatic rings. The van der Waals surface area contributed by atoms with Crippen molar-refractivity contribution in [3.8, 4) is 5.75 Å². The highest BCUT2D eigenvalue weighted by Crippen LogP contribution is 2.21. The van der Waals surface area contributed by atoms with Crippen molar-refractivity contribution in [3.63, 3.8) is 0 Å². The second kappa shape index (κ2) is 32.9. The van der Waals surface area contributed by atoms with E-state index in [1.165, 1.54) is 37.1 Å². The van der Waals surface area contributed by atoms with Crippen molar-refractivity contribution in [1.29, 1.82) is 0 Å². The van der Waals surface area contributed by atoms with Gasteiger partial charge in [-0.25, -0.2) is 0 Å². The van der Waals surface area contributed by atoms with Gasteiger partial charge in [0.2, 0.25) is 70.9 Å². The standard InChI is InChI=1S/C51H80N12O14/c1-29(2)13-10-8-6-4-3-5-7-9-11-14-31-24-44(70)57-35(25-41(53)67)47(73)59-34(23-30-16-18-32(65)19-17-30)46(72)60-37(27-43(55)69)48(74)58-33(20-21-40(52)66)51(77)63-22-12-15-39(63)50(76)62-38(28-64)49(75)61-36(26-42(54)68)45(71)56-31/h16-19,29,31,33-39,64-65H,3-15,20-28H2,1-2H3,(H2,52,66)(H2,53,67)(H2,54,68)(H2,55,69)(H,56,71)(H,57,70)(H,58,74)(H,59,73)(H,60,72)(H,61,75)(H,62,76). The average molecular weight is 1090 g/mol. The fraction of sp³-hybridized carbons (Fsp3) is 0.647. The van der Waals surface area contributed by atoms with Crippen molar-refractivity contribution < 1.29 is 67.7 Å². The number of benzene rings is 1. The Morgan fingerprint density at radius 3 is 1.53 bits per heavy atom. The highest BCUT2D eigenvalue weighted by atomic mass is 16.3. The molecule has 2 saturated heterocycles. The van der Waals surface area contributed by atoms with Crippen LogP contribution < -0.4 is 60.2 Å². The Balaban J connectivity index is 2.09. The fourth-order valence-corrected chi connectivity index (χ4v) is 9.09. The van der Waals surface area contributed by atoms with Crippen molar-refractivity contribution in [2.24, 2.45) is 28.9 Å². The first-order valence-corrected chi connectivity index (χ1v) is 26.4. The lowest BCUT2D eigenvalue weighted by Crippen LogP contribution is -2.60. The summed E-state index contributed by atoms with van der Waals surface area (Å²) in [6, 6.07) is -7.35. The topological polar surface area (TPSA) is 437 Å². The van der Waals surface area contributed by atoms with Gasteiger partial charge in [0.05, 0.1) is 25.9 Å². The maximum Gasteiger partial charge on any atom is 0.245 e. The summed E-state index contributed by atoms with van der Waals surface area (Å²) in [5, 5.41) is 37.3. The minimum absolute atomic E-state index is 0.0167. The number of nitrogens with two attached hydrogens (primary N) is 4. The molecule has 2 heterocycles. The Morgan fingerprint density at radius 2 is 1.01 bits per heavy atom. The number of carbonyl (C=O) groups excluding carboxylic acids is 12. The molecule has 0 aliphatic carbocycles. The third-order valence-electron chi connectivity index (χ3n) is 13.2. The first kappa shape index (κ1) is 63.9. The van der Waals surface area contributed by atoms with Crippen LogP contribution >= 0.6 is 0 Å². The van der Waals surface area contributed by atoms with E-state index in [1.54, 1.807) is 0 Å². The molecule has 8 atom stereocenters. The van der Waals surface area contributed by atoms with E-state index in [0.29, 0.717) is 24.3 Å². The van der Waals surface area contributed by atoms with Crippen molar-refractivity contribution in [2.45, 2.75) is 191 Å². The number of primary amides is 4. The van der Waals surface area contributed by atoms with E-state index in [9.17, 15) is 67.7 Å². The number of amides is 12. The molecule has 26 heteroatoms. The van der Waals surface area contributed by atoms with Crippen molar-refractivity contribution >= 4 is 70.9 Å². The Labute approximate surface area is 447 Å². The van der Waals surface area contributed by atoms with Gasteiger partial charge in [0.15, 0.2) is 0 Å². The van der Waals surface area contributed by atoms with Gasteiger partial charge in [-0.15, -0.1) is 0 Å². The molecule has 0 bridgehead atoms. The van der Waals surface area contributed by atoms with Gasteiger partial charge in [-0.2, -0.15) is 0 Å². The van der Waals surface area contributed by atoms with Gasteiger partial charge in [-0.05, 0) is 49.3 Å². The lowest BCUT2D eigenvalue weighted by atomic mass is 10.0. The predicted octanol–water partition coefficient (Wildman–Crippen LogP) is -2.45. The van der Waals surface area contributed by atoms with Crippen molar-refractivity contribution in [2.75, 3.05) is 13.2 Å². The van der Waals surface area contributed by atoms with Crippen LogP contribution in [-0.4, -0.2) is 147 Å². The van der Waals surface area contributed by atoms with Crippen LogP contribution in [0.15, 0.2) is 24.3 Å². The van der Waals surface area contributed by atoms with E-state index < -0.39 is 164 Å². The minimum Gasteiger partial charge on any atom is -0.508 e. The predicted molar refractivity (Wildman–Crippen MR) is 277 cm³/mol. The molecule has 17 N–H and O–H groups in total. The van der Waals surface area contributed by atoms with E-state index >= 15 is 0 Å². The minimum atomic E-state index is -1.85. The maximum atomic E-state index is 14.3. The molecule has 26 nitrogen and oxygen atoms in total. The highest BCUT2D eigenvalue weighted by molar-refractivity contribution is 6.00. The van der Waals surface area contributed by atoms with Gasteiger partial charge in [-0.1, -0.05) is 90.2 Å². The zero-order valence-electron chi connectivity index (χ0n) is 44.1. The normalized spacial score (nSPS) is 23.7. The molecule has 77 heavy (non-hydrogen) atoms. The third-order valence-corrected chi connectivity index (χ3v) is 13.2. The molecule has 0 saturated carbocycles. The molecular formula is C51H80N12O14. The number of phenols is 1. The zero-order valence-corrected chi connectivity index (χ0v) is 44.1. The monoisotopic (exact) mass is 1080 g/mol. The molecule has 12 amide bonds. The van der Waals surface area contributed by atoms with E-state index in [1.807, 2.05) is 0 Å². The number of aromatic hydroxyl groups is 1. The molecular weight excluding hydrogens is 1000 g/mol. The number of hydrogen-bond donors (Lipinski definition) is 13. The number of phenolic OH excluding ortho intramolecular Hbond substituents is 1. The lowest BCUT2D eigenvalue weighted by Gasteiger charge is -2.30. The molecule has 0 aromatic heterocycles. The number of aliphatic hydroxyl groups excluding tert-OH is 1. The first-order chi connectivity index (χ1) is 36.5. The van der Waals surface area contributed by atoms with E-state index in [4.69, 9.17) is 22.9 Å². The highest BCUT2D eigenvalue weighted by Gasteiger charge is 2.41. The van der Waals surface area contributed by atoms with Crippen LogP contribution in [0.3, 0.4) is 0 Å². The molecule has 1 aromatic carbocycles. The third kappa shape index (κ3) is 23.6. The van der Waals surface area contributed by atoms with E-state index in [0.717, 1.165) is 43.4 Å². The summed E-state index contributed by atoms with van der Waals surface area (Å²) in [6.45, 7) is 3.28. The quantitative estimate of drug-likeness (QED) is 0.0479. The van der Waals surface area contributed by atoms with Gasteiger partial charge in [0, 0.05) is 31.8 Å². The van der Waals surface area contributed by atoms with Crippen molar-refractivity contribution in [1.82, 2.24) is 42.1 Å². The van der Waals surface area contributed by atoms with Gasteiger partial charge >= 0.3 is 0 Å². The molecule has 2 aliphatic heterocycles. The van der Waals surface area contributed by atoms with Crippen LogP contribution in [0.25, 0.3) is 0 Å². The Bertz CT molecular complexity index is 2230. The Hall–Kier alpha value is -7.38. The smallest absolute Gasteiger partial charge is 0.245 e. The molecule has 0 radical (unpaired) electrons. The fourth-order valence-electron chi connectivity index (χ4n) is 9.09. The molecule has 2 aliphatic rings. The Kier molecular flexibility index (Phi) is 27.3. The van der Waals surface area contributed by atoms with Gasteiger partial charge < -0.3 is 75.3 Å². The number of nitrogens with zero attached hydrogens (tertiary/aromatic N) is 1. The first-order valence-electron chi connectivity index (χ1n) is 26.4. The van der Waals surface area contributed by atoms with Gasteiger partial charge in [-0.3, -0.25) is 57.5 Å².